The molecule has 0 spiro atoms. The molecule has 14 heteroatoms. The highest BCUT2D eigenvalue weighted by Gasteiger charge is 2.39. The van der Waals surface area contributed by atoms with Gasteiger partial charge < -0.3 is 26.2 Å². The smallest absolute Gasteiger partial charge is 0.481 e. The minimum atomic E-state index is -5.08. The van der Waals surface area contributed by atoms with Crippen molar-refractivity contribution in [1.29, 1.82) is 0 Å². The van der Waals surface area contributed by atoms with E-state index in [1.807, 2.05) is 127 Å². The normalized spacial score (nSPS) is 12.1. The molecule has 0 aliphatic rings. The molecule has 0 radical (unpaired) electrons. The van der Waals surface area contributed by atoms with Crippen molar-refractivity contribution in [2.45, 2.75) is 48.7 Å². The molecule has 1 unspecified atom stereocenters. The van der Waals surface area contributed by atoms with Crippen LogP contribution in [-0.2, 0) is 23.9 Å². The van der Waals surface area contributed by atoms with Crippen LogP contribution in [0.25, 0.3) is 11.1 Å². The number of thioether (sulfide) groups is 1. The van der Waals surface area contributed by atoms with E-state index < -0.39 is 40.9 Å². The monoisotopic (exact) mass is 876 g/mol. The van der Waals surface area contributed by atoms with Gasteiger partial charge in [-0.1, -0.05) is 152 Å². The van der Waals surface area contributed by atoms with Gasteiger partial charge in [-0.05, 0) is 58.4 Å². The average Bonchev–Trinajstić information content (AvgIpc) is 3.30. The molecule has 10 nitrogen and oxygen atoms in total. The number of amides is 2. The Balaban J connectivity index is 0.000000985. The van der Waals surface area contributed by atoms with Gasteiger partial charge in [-0.15, -0.1) is 11.8 Å². The van der Waals surface area contributed by atoms with E-state index in [2.05, 4.69) is 57.3 Å². The third-order valence-corrected chi connectivity index (χ3v) is 11.5. The van der Waals surface area contributed by atoms with Crippen LogP contribution in [-0.4, -0.2) is 63.5 Å². The molecule has 6 aromatic rings. The number of unbranched alkanes of at least 4 members (excludes halogenated alkanes) is 1. The Hall–Kier alpha value is -6.93. The number of anilines is 1. The number of alkyl halides is 3. The second-order valence-corrected chi connectivity index (χ2v) is 15.5. The van der Waals surface area contributed by atoms with Crippen molar-refractivity contribution < 1.29 is 42.6 Å². The summed E-state index contributed by atoms with van der Waals surface area (Å²) in [5, 5.41) is 26.4. The summed E-state index contributed by atoms with van der Waals surface area (Å²) in [6.07, 6.45) is -2.13. The summed E-state index contributed by atoms with van der Waals surface area (Å²) in [5.74, 6) is -3.54. The second kappa shape index (κ2) is 23.3. The molecule has 5 N–H and O–H groups in total. The zero-order chi connectivity index (χ0) is 45.1. The number of pyridine rings is 1. The van der Waals surface area contributed by atoms with Crippen LogP contribution in [0.15, 0.2) is 170 Å². The summed E-state index contributed by atoms with van der Waals surface area (Å²) in [7, 11) is 0. The molecule has 2 atom stereocenters. The number of rotatable bonds is 19. The molecule has 0 saturated carbocycles. The van der Waals surface area contributed by atoms with Gasteiger partial charge in [-0.2, -0.15) is 13.2 Å². The highest BCUT2D eigenvalue weighted by Crippen LogP contribution is 2.48. The van der Waals surface area contributed by atoms with Crippen LogP contribution in [0.1, 0.15) is 54.0 Å². The lowest BCUT2D eigenvalue weighted by Gasteiger charge is -2.36. The zero-order valence-corrected chi connectivity index (χ0v) is 34.9. The summed E-state index contributed by atoms with van der Waals surface area (Å²) < 4.78 is 31.0. The predicted octanol–water partition coefficient (Wildman–Crippen LogP) is 9.51. The first kappa shape index (κ1) is 47.1. The number of aliphatic carboxylic acids is 2. The van der Waals surface area contributed by atoms with Gasteiger partial charge in [0.05, 0.1) is 17.2 Å². The van der Waals surface area contributed by atoms with Crippen molar-refractivity contribution in [1.82, 2.24) is 15.6 Å². The van der Waals surface area contributed by atoms with Crippen LogP contribution in [0, 0.1) is 0 Å². The number of carbonyl (C=O) groups excluding carboxylic acids is 2. The Morgan fingerprint density at radius 1 is 0.619 bits per heavy atom. The molecule has 0 bridgehead atoms. The van der Waals surface area contributed by atoms with Crippen molar-refractivity contribution in [3.63, 3.8) is 0 Å². The first-order valence-corrected chi connectivity index (χ1v) is 21.1. The number of aromatic nitrogens is 1. The Kier molecular flexibility index (Phi) is 17.5. The summed E-state index contributed by atoms with van der Waals surface area (Å²) >= 11 is 1.56. The summed E-state index contributed by atoms with van der Waals surface area (Å²) in [6.45, 7) is 0.651. The summed E-state index contributed by atoms with van der Waals surface area (Å²) in [6, 6.07) is 51.8. The maximum Gasteiger partial charge on any atom is 0.490 e. The SMILES string of the molecule is O=C(O)C(F)(F)F.O=C(O)CC(NC(=O)[C@@H](CSC(c1ccccc1)(c1ccccc1)c1ccccc1)NC(=O)CCCCNc1ccccn1)c1ccc(-c2ccccc2)cc1. The number of halogens is 3. The molecule has 0 aliphatic carbocycles. The fraction of sp³-hybridized carbons (Fsp3) is 0.204. The number of carboxylic acid groups (broad SMARTS) is 2. The van der Waals surface area contributed by atoms with Gasteiger partial charge in [0, 0.05) is 24.9 Å². The van der Waals surface area contributed by atoms with E-state index in [0.717, 1.165) is 40.1 Å². The highest BCUT2D eigenvalue weighted by molar-refractivity contribution is 8.00. The van der Waals surface area contributed by atoms with E-state index in [9.17, 15) is 32.7 Å². The Labute approximate surface area is 368 Å². The minimum absolute atomic E-state index is 0.199. The van der Waals surface area contributed by atoms with E-state index in [1.165, 1.54) is 0 Å². The lowest BCUT2D eigenvalue weighted by atomic mass is 9.84. The van der Waals surface area contributed by atoms with Crippen LogP contribution < -0.4 is 16.0 Å². The molecule has 2 amide bonds. The van der Waals surface area contributed by atoms with Crippen LogP contribution in [0.3, 0.4) is 0 Å². The molecule has 0 saturated heterocycles. The molecule has 1 heterocycles. The molecule has 0 aliphatic heterocycles. The van der Waals surface area contributed by atoms with Crippen molar-refractivity contribution >= 4 is 41.3 Å². The van der Waals surface area contributed by atoms with Gasteiger partial charge >= 0.3 is 18.1 Å². The van der Waals surface area contributed by atoms with E-state index in [0.29, 0.717) is 18.5 Å². The van der Waals surface area contributed by atoms with Gasteiger partial charge in [-0.3, -0.25) is 14.4 Å². The fourth-order valence-electron chi connectivity index (χ4n) is 6.76. The standard InChI is InChI=1S/C47H46N4O4S.C2HF3O2/c52-44(26-14-16-32-49-43-25-13-15-31-48-43)50-42(46(55)51-41(33-45(53)54)37-29-27-36(28-30-37)35-17-5-1-6-18-35)34-56-47(38-19-7-2-8-20-38,39-21-9-3-10-22-39)40-23-11-4-12-24-40;3-2(4,5)1(6)7/h1-13,15,17-25,27-31,41-42H,14,16,26,32-34H2,(H,48,49)(H,50,52)(H,51,55)(H,53,54);(H,6,7)/t41?,42-;/m1./s1. The lowest BCUT2D eigenvalue weighted by molar-refractivity contribution is -0.192. The topological polar surface area (TPSA) is 158 Å². The Morgan fingerprint density at radius 3 is 1.59 bits per heavy atom. The molecule has 63 heavy (non-hydrogen) atoms. The van der Waals surface area contributed by atoms with Crippen LogP contribution in [0.2, 0.25) is 0 Å². The molecule has 0 fully saturated rings. The Bertz CT molecular complexity index is 2250. The van der Waals surface area contributed by atoms with Crippen LogP contribution in [0.5, 0.6) is 0 Å². The fourth-order valence-corrected chi connectivity index (χ4v) is 8.32. The molecule has 5 aromatic carbocycles. The van der Waals surface area contributed by atoms with Crippen LogP contribution >= 0.6 is 11.8 Å². The predicted molar refractivity (Wildman–Crippen MR) is 239 cm³/mol. The summed E-state index contributed by atoms with van der Waals surface area (Å²) in [5.41, 5.74) is 5.74. The van der Waals surface area contributed by atoms with E-state index in [1.54, 1.807) is 18.0 Å². The first-order chi connectivity index (χ1) is 30.4. The average molecular weight is 877 g/mol. The lowest BCUT2D eigenvalue weighted by Crippen LogP contribution is -2.50. The number of hydrogen-bond donors (Lipinski definition) is 5. The van der Waals surface area contributed by atoms with Gasteiger partial charge in [0.2, 0.25) is 11.8 Å². The van der Waals surface area contributed by atoms with Gasteiger partial charge in [0.1, 0.15) is 11.9 Å². The molecular formula is C49H47F3N4O6S. The third-order valence-electron chi connectivity index (χ3n) is 9.82. The highest BCUT2D eigenvalue weighted by atomic mass is 32.2. The van der Waals surface area contributed by atoms with E-state index >= 15 is 0 Å². The van der Waals surface area contributed by atoms with Crippen molar-refractivity contribution in [2.24, 2.45) is 0 Å². The number of carboxylic acids is 2. The maximum absolute atomic E-state index is 14.4. The molecular weight excluding hydrogens is 830 g/mol. The number of nitrogens with one attached hydrogen (secondary N) is 3. The largest absolute Gasteiger partial charge is 0.490 e. The van der Waals surface area contributed by atoms with E-state index in [-0.39, 0.29) is 24.5 Å². The van der Waals surface area contributed by atoms with Crippen LogP contribution in [0.4, 0.5) is 19.0 Å². The van der Waals surface area contributed by atoms with Crippen molar-refractivity contribution in [3.05, 3.63) is 192 Å². The Morgan fingerprint density at radius 2 is 1.11 bits per heavy atom. The van der Waals surface area contributed by atoms with Gasteiger partial charge in [0.25, 0.3) is 0 Å². The number of benzene rings is 5. The quantitative estimate of drug-likeness (QED) is 0.0395. The maximum atomic E-state index is 14.4. The zero-order valence-electron chi connectivity index (χ0n) is 34.1. The van der Waals surface area contributed by atoms with Crippen molar-refractivity contribution in [3.8, 4) is 11.1 Å². The number of carbonyl (C=O) groups is 4. The van der Waals surface area contributed by atoms with Gasteiger partial charge in [0.15, 0.2) is 0 Å². The first-order valence-electron chi connectivity index (χ1n) is 20.1. The molecule has 1 aromatic heterocycles. The number of nitrogens with zero attached hydrogens (tertiary/aromatic N) is 1. The second-order valence-electron chi connectivity index (χ2n) is 14.3. The molecule has 326 valence electrons. The third kappa shape index (κ3) is 14.0. The van der Waals surface area contributed by atoms with Crippen molar-refractivity contribution in [2.75, 3.05) is 17.6 Å². The summed E-state index contributed by atoms with van der Waals surface area (Å²) in [4.78, 5) is 53.4. The van der Waals surface area contributed by atoms with Gasteiger partial charge in [-0.25, -0.2) is 9.78 Å². The number of hydrogen-bond acceptors (Lipinski definition) is 7. The molecule has 6 rings (SSSR count). The van der Waals surface area contributed by atoms with E-state index in [4.69, 9.17) is 9.90 Å². The minimum Gasteiger partial charge on any atom is -0.481 e.